The molecule has 0 aliphatic carbocycles. The summed E-state index contributed by atoms with van der Waals surface area (Å²) in [5.41, 5.74) is 9.07. The first-order valence-corrected chi connectivity index (χ1v) is 50.3. The van der Waals surface area contributed by atoms with E-state index in [4.69, 9.17) is 41.2 Å². The number of allylic oxidation sites excluding steroid dienone is 3. The standard InChI is InChI=1S/C12H14S.C11H17N.C10H15N.C10H12S.2C9H13BrS.C9H13ClS.C9H13N.C9H14S.2C8H11ClS.CH4/c1-12(2,3)11-8-9-6-4-5-7-10(9)13-11;1-9-8-10(11(2,3)4)6-7-12(9)5;1-8-7-9(5-6-11-8)10(2,3)4;1-5-8-6-7-9(11-8)10(2,3)4;3*1-6-7(10)5-8(11-6)9(2,3)4;1-9(2,3)8-4-6-10-7-5-8;1-7-5-6-8(10-7)9(2,3)4;1-8(2,3)7-4-6(9)5-10-7;1-8(2,3)6-4-5-7(9)10-6;/h4-8H,1-3H3;6-8H,1H2,2-5H3;5-7H,1-4H3;1,6-7H,2-4H3;3*5H,1-4H3;4-7H,1-3H3;5-6H,1-4H3;2*4-5H,1-3H3;1H4. The number of aromatic nitrogens is 2. The molecule has 1 aromatic carbocycles. The third kappa shape index (κ3) is 43.4. The molecule has 0 bridgehead atoms. The monoisotopic (exact) mass is 1970 g/mol. The summed E-state index contributed by atoms with van der Waals surface area (Å²) in [6.07, 6.45) is 17.2. The van der Waals surface area contributed by atoms with E-state index >= 15 is 0 Å². The van der Waals surface area contributed by atoms with Gasteiger partial charge in [-0.1, -0.05) is 301 Å². The summed E-state index contributed by atoms with van der Waals surface area (Å²) in [4.78, 5) is 27.8. The van der Waals surface area contributed by atoms with E-state index in [2.05, 4.69) is 426 Å². The molecule has 16 heteroatoms. The van der Waals surface area contributed by atoms with E-state index in [1.165, 1.54) is 94.3 Å². The van der Waals surface area contributed by atoms with Crippen molar-refractivity contribution in [2.24, 2.45) is 5.41 Å². The number of pyridine rings is 2. The van der Waals surface area contributed by atoms with Crippen molar-refractivity contribution in [2.45, 2.75) is 325 Å². The Labute approximate surface area is 802 Å². The van der Waals surface area contributed by atoms with E-state index in [0.717, 1.165) is 30.6 Å². The highest BCUT2D eigenvalue weighted by molar-refractivity contribution is 9.11. The van der Waals surface area contributed by atoms with Crippen LogP contribution in [0.3, 0.4) is 0 Å². The third-order valence-corrected chi connectivity index (χ3v) is 32.8. The number of terminal acetylenes is 1. The molecule has 0 fully saturated rings. The van der Waals surface area contributed by atoms with Gasteiger partial charge in [-0.25, -0.2) is 0 Å². The third-order valence-electron chi connectivity index (χ3n) is 18.0. The predicted octanol–water partition coefficient (Wildman–Crippen LogP) is 38.9. The normalized spacial score (nSPS) is 12.4. The number of hydrogen-bond donors (Lipinski definition) is 0. The van der Waals surface area contributed by atoms with Crippen LogP contribution in [-0.2, 0) is 54.1 Å². The van der Waals surface area contributed by atoms with E-state index in [-0.39, 0.29) is 50.7 Å². The molecule has 0 spiro atoms. The van der Waals surface area contributed by atoms with Crippen molar-refractivity contribution >= 4 is 167 Å². The van der Waals surface area contributed by atoms with Crippen LogP contribution in [0.15, 0.2) is 184 Å². The molecule has 10 aromatic heterocycles. The van der Waals surface area contributed by atoms with Crippen LogP contribution in [0.1, 0.15) is 316 Å². The Bertz CT molecular complexity index is 4640. The predicted molar refractivity (Wildman–Crippen MR) is 570 cm³/mol. The van der Waals surface area contributed by atoms with Crippen LogP contribution in [0.5, 0.6) is 0 Å². The minimum absolute atomic E-state index is 0. The first-order chi connectivity index (χ1) is 54.3. The highest BCUT2D eigenvalue weighted by Crippen LogP contribution is 2.40. The molecule has 0 radical (unpaired) electrons. The van der Waals surface area contributed by atoms with Crippen molar-refractivity contribution in [3.05, 3.63) is 279 Å². The van der Waals surface area contributed by atoms with Crippen LogP contribution in [-0.4, -0.2) is 21.9 Å². The van der Waals surface area contributed by atoms with Gasteiger partial charge in [0.1, 0.15) is 0 Å². The Balaban J connectivity index is 0.000000666. The fourth-order valence-electron chi connectivity index (χ4n) is 9.87. The van der Waals surface area contributed by atoms with Gasteiger partial charge in [-0.15, -0.1) is 97.1 Å². The van der Waals surface area contributed by atoms with Crippen LogP contribution in [0.4, 0.5) is 0 Å². The number of halogens is 5. The van der Waals surface area contributed by atoms with Gasteiger partial charge in [0.15, 0.2) is 0 Å². The molecule has 0 atom stereocenters. The van der Waals surface area contributed by atoms with Crippen molar-refractivity contribution in [3.63, 3.8) is 0 Å². The van der Waals surface area contributed by atoms with E-state index in [1.807, 2.05) is 106 Å². The van der Waals surface area contributed by atoms with E-state index in [9.17, 15) is 0 Å². The summed E-state index contributed by atoms with van der Waals surface area (Å²) in [6.45, 7) is 87.6. The molecule has 0 N–H and O–H groups in total. The van der Waals surface area contributed by atoms with Gasteiger partial charge in [-0.3, -0.25) is 9.97 Å². The maximum atomic E-state index is 5.95. The van der Waals surface area contributed by atoms with Crippen LogP contribution < -0.4 is 0 Å². The minimum atomic E-state index is 0. The first-order valence-electron chi connectivity index (χ1n) is 40.9. The number of fused-ring (bicyclic) bond motifs is 1. The molecule has 12 rings (SSSR count). The smallest absolute Gasteiger partial charge is 0.0931 e. The molecule has 121 heavy (non-hydrogen) atoms. The molecule has 0 unspecified atom stereocenters. The average molecular weight is 1980 g/mol. The Kier molecular flexibility index (Phi) is 46.3. The van der Waals surface area contributed by atoms with Gasteiger partial charge in [0.05, 0.1) is 19.3 Å². The summed E-state index contributed by atoms with van der Waals surface area (Å²) >= 11 is 39.0. The fourth-order valence-corrected chi connectivity index (χ4v) is 19.5. The van der Waals surface area contributed by atoms with Crippen LogP contribution >= 0.6 is 157 Å². The lowest BCUT2D eigenvalue weighted by Gasteiger charge is -2.27. The van der Waals surface area contributed by atoms with Crippen LogP contribution in [0.2, 0.25) is 14.4 Å². The van der Waals surface area contributed by atoms with Gasteiger partial charge >= 0.3 is 0 Å². The van der Waals surface area contributed by atoms with E-state index in [1.54, 1.807) is 45.3 Å². The lowest BCUT2D eigenvalue weighted by atomic mass is 9.85. The van der Waals surface area contributed by atoms with Crippen LogP contribution in [0.25, 0.3) is 10.1 Å². The van der Waals surface area contributed by atoms with Crippen LogP contribution in [0, 0.1) is 52.4 Å². The second-order valence-corrected chi connectivity index (χ2v) is 53.7. The number of likely N-dealkylation sites (N-methyl/N-ethyl adjacent to an activating group) is 1. The van der Waals surface area contributed by atoms with Gasteiger partial charge in [0, 0.05) is 121 Å². The zero-order chi connectivity index (χ0) is 92.7. The zero-order valence-electron chi connectivity index (χ0n) is 80.3. The molecule has 1 aliphatic rings. The number of nitrogens with zero attached hydrogens (tertiary/aromatic N) is 3. The summed E-state index contributed by atoms with van der Waals surface area (Å²) in [5, 5.41) is 5.11. The number of aryl methyl sites for hydroxylation is 5. The van der Waals surface area contributed by atoms with Gasteiger partial charge in [-0.05, 0) is 257 Å². The highest BCUT2D eigenvalue weighted by Gasteiger charge is 2.24. The maximum absolute atomic E-state index is 5.95. The number of benzene rings is 1. The summed E-state index contributed by atoms with van der Waals surface area (Å²) in [6, 6.07) is 40.3. The average Bonchev–Trinajstić information content (AvgIpc) is 1.76. The van der Waals surface area contributed by atoms with Crippen molar-refractivity contribution in [1.29, 1.82) is 0 Å². The number of hydrogen-bond acceptors (Lipinski definition) is 11. The van der Waals surface area contributed by atoms with Gasteiger partial charge < -0.3 is 4.90 Å². The zero-order valence-corrected chi connectivity index (χ0v) is 92.3. The van der Waals surface area contributed by atoms with E-state index in [0.29, 0.717) is 16.2 Å². The van der Waals surface area contributed by atoms with Crippen molar-refractivity contribution in [2.75, 3.05) is 7.05 Å². The Hall–Kier alpha value is -4.21. The molecule has 1 aliphatic heterocycles. The molecule has 11 heterocycles. The van der Waals surface area contributed by atoms with Crippen molar-refractivity contribution in [1.82, 2.24) is 14.9 Å². The Morgan fingerprint density at radius 3 is 1.09 bits per heavy atom. The summed E-state index contributed by atoms with van der Waals surface area (Å²) < 4.78 is 4.76. The summed E-state index contributed by atoms with van der Waals surface area (Å²) in [5.74, 6) is 2.64. The number of thiophene rings is 8. The Morgan fingerprint density at radius 2 is 0.818 bits per heavy atom. The molecule has 0 amide bonds. The number of rotatable bonds is 0. The second kappa shape index (κ2) is 48.8. The minimum Gasteiger partial charge on any atom is -0.352 e. The molecular weight excluding hydrogens is 1830 g/mol. The molecule has 0 saturated heterocycles. The largest absolute Gasteiger partial charge is 0.352 e. The molecular formula is C105H150Br2Cl3N3S8. The molecule has 668 valence electrons. The highest BCUT2D eigenvalue weighted by atomic mass is 79.9. The van der Waals surface area contributed by atoms with Crippen molar-refractivity contribution in [3.8, 4) is 12.3 Å². The SMILES string of the molecule is C.C#Cc1ccc(C(C)(C)C)s1.C=C1C=C(C(C)(C)C)C=CN1C.CC(C)(C)c1cc(Cl)cs1.CC(C)(C)c1cc2ccccc2s1.CC(C)(C)c1ccc(Cl)s1.CC(C)(C)c1ccncc1.Cc1cc(C(C)(C)C)ccn1.Cc1ccc(C(C)(C)C)s1.Cc1sc(C(C)(C)C)cc1Br.Cc1sc(C(C)(C)C)cc1Br.Cc1sc(C(C)(C)C)cc1Cl. The molecule has 3 nitrogen and oxygen atoms in total. The quantitative estimate of drug-likeness (QED) is 0.142. The lowest BCUT2D eigenvalue weighted by Crippen LogP contribution is -2.16. The van der Waals surface area contributed by atoms with Gasteiger partial charge in [-0.2, -0.15) is 0 Å². The fraction of sp³-hybridized carbons (Fsp3) is 0.486. The first kappa shape index (κ1) is 115. The van der Waals surface area contributed by atoms with Crippen molar-refractivity contribution < 1.29 is 0 Å². The topological polar surface area (TPSA) is 29.0 Å². The van der Waals surface area contributed by atoms with E-state index < -0.39 is 0 Å². The maximum Gasteiger partial charge on any atom is 0.0931 e. The second-order valence-electron chi connectivity index (χ2n) is 41.3. The van der Waals surface area contributed by atoms with Gasteiger partial charge in [0.25, 0.3) is 0 Å². The molecule has 11 aromatic rings. The van der Waals surface area contributed by atoms with Gasteiger partial charge in [0.2, 0.25) is 0 Å². The molecule has 0 saturated carbocycles. The lowest BCUT2D eigenvalue weighted by molar-refractivity contribution is 0.499. The summed E-state index contributed by atoms with van der Waals surface area (Å²) in [7, 11) is 2.01. The Morgan fingerprint density at radius 1 is 0.405 bits per heavy atom.